The van der Waals surface area contributed by atoms with Crippen LogP contribution in [0.25, 0.3) is 10.8 Å². The highest BCUT2D eigenvalue weighted by Crippen LogP contribution is 2.28. The molecule has 0 heterocycles. The lowest BCUT2D eigenvalue weighted by Gasteiger charge is -2.16. The molecule has 0 bridgehead atoms. The monoisotopic (exact) mass is 498 g/mol. The molecule has 0 radical (unpaired) electrons. The molecule has 0 fully saturated rings. The summed E-state index contributed by atoms with van der Waals surface area (Å²) in [6.07, 6.45) is -0.0850. The summed E-state index contributed by atoms with van der Waals surface area (Å²) in [5.41, 5.74) is 2.25. The number of ether oxygens (including phenoxy) is 2. The van der Waals surface area contributed by atoms with Gasteiger partial charge in [-0.25, -0.2) is 4.79 Å². The number of nitrogens with zero attached hydrogens (tertiary/aromatic N) is 1. The minimum absolute atomic E-state index is 0.0850. The maximum Gasteiger partial charge on any atom is 0.341 e. The van der Waals surface area contributed by atoms with Crippen molar-refractivity contribution in [3.05, 3.63) is 118 Å². The van der Waals surface area contributed by atoms with E-state index in [2.05, 4.69) is 5.32 Å². The standard InChI is InChI=1S/C29H26N2O6/c1-36-29(33)26-14-13-25(17-27(26)37-19-20-7-3-2-4-8-20)30-28(32)16-24(18-31(34)35)23-12-11-21-9-5-6-10-22(21)15-23/h2-15,17,24H,16,18-19H2,1H3,(H,30,32). The molecule has 0 spiro atoms. The fourth-order valence-electron chi connectivity index (χ4n) is 4.10. The second-order valence-electron chi connectivity index (χ2n) is 8.55. The van der Waals surface area contributed by atoms with E-state index >= 15 is 0 Å². The van der Waals surface area contributed by atoms with Crippen LogP contribution in [0.5, 0.6) is 5.75 Å². The van der Waals surface area contributed by atoms with E-state index in [0.717, 1.165) is 21.9 Å². The summed E-state index contributed by atoms with van der Waals surface area (Å²) in [5, 5.41) is 16.1. The van der Waals surface area contributed by atoms with Crippen LogP contribution in [0.2, 0.25) is 0 Å². The highest BCUT2D eigenvalue weighted by Gasteiger charge is 2.23. The molecular weight excluding hydrogens is 472 g/mol. The zero-order valence-electron chi connectivity index (χ0n) is 20.3. The van der Waals surface area contributed by atoms with Crippen LogP contribution in [0.3, 0.4) is 0 Å². The summed E-state index contributed by atoms with van der Waals surface area (Å²) in [6.45, 7) is -0.159. The summed E-state index contributed by atoms with van der Waals surface area (Å²) < 4.78 is 10.7. The number of esters is 1. The van der Waals surface area contributed by atoms with Gasteiger partial charge in [0.15, 0.2) is 0 Å². The Morgan fingerprint density at radius 1 is 0.919 bits per heavy atom. The van der Waals surface area contributed by atoms with E-state index in [9.17, 15) is 19.7 Å². The van der Waals surface area contributed by atoms with Crippen molar-refractivity contribution in [3.8, 4) is 5.75 Å². The molecule has 0 aliphatic rings. The Hall–Kier alpha value is -4.72. The molecule has 4 aromatic carbocycles. The molecule has 188 valence electrons. The molecule has 8 nitrogen and oxygen atoms in total. The van der Waals surface area contributed by atoms with Crippen LogP contribution in [0.1, 0.15) is 33.8 Å². The van der Waals surface area contributed by atoms with Gasteiger partial charge in [0.2, 0.25) is 12.5 Å². The predicted octanol–water partition coefficient (Wildman–Crippen LogP) is 5.59. The zero-order valence-corrected chi connectivity index (χ0v) is 20.3. The molecule has 1 N–H and O–H groups in total. The Labute approximate surface area is 214 Å². The molecule has 0 aromatic heterocycles. The van der Waals surface area contributed by atoms with E-state index in [1.165, 1.54) is 13.2 Å². The lowest BCUT2D eigenvalue weighted by Crippen LogP contribution is -2.21. The van der Waals surface area contributed by atoms with Crippen molar-refractivity contribution in [2.75, 3.05) is 19.0 Å². The quantitative estimate of drug-likeness (QED) is 0.173. The summed E-state index contributed by atoms with van der Waals surface area (Å²) in [6, 6.07) is 27.4. The van der Waals surface area contributed by atoms with Crippen LogP contribution in [0.4, 0.5) is 5.69 Å². The van der Waals surface area contributed by atoms with Crippen LogP contribution in [-0.2, 0) is 16.1 Å². The summed E-state index contributed by atoms with van der Waals surface area (Å²) in [5.74, 6) is -1.31. The molecule has 4 aromatic rings. The number of nitrogens with one attached hydrogen (secondary N) is 1. The minimum Gasteiger partial charge on any atom is -0.488 e. The first-order valence-corrected chi connectivity index (χ1v) is 11.7. The first-order valence-electron chi connectivity index (χ1n) is 11.7. The SMILES string of the molecule is COC(=O)c1ccc(NC(=O)CC(C[N+](=O)[O-])c2ccc3ccccc3c2)cc1OCc1ccccc1. The third-order valence-corrected chi connectivity index (χ3v) is 5.95. The maximum absolute atomic E-state index is 12.9. The average molecular weight is 499 g/mol. The van der Waals surface area contributed by atoms with Crippen LogP contribution in [-0.4, -0.2) is 30.5 Å². The summed E-state index contributed by atoms with van der Waals surface area (Å²) in [4.78, 5) is 36.1. The first kappa shape index (κ1) is 25.4. The van der Waals surface area contributed by atoms with Crippen molar-refractivity contribution < 1.29 is 24.0 Å². The molecule has 1 amide bonds. The number of fused-ring (bicyclic) bond motifs is 1. The molecule has 4 rings (SSSR count). The smallest absolute Gasteiger partial charge is 0.341 e. The number of benzene rings is 4. The fraction of sp³-hybridized carbons (Fsp3) is 0.172. The average Bonchev–Trinajstić information content (AvgIpc) is 2.91. The molecule has 0 saturated heterocycles. The normalized spacial score (nSPS) is 11.5. The van der Waals surface area contributed by atoms with Crippen molar-refractivity contribution in [3.63, 3.8) is 0 Å². The van der Waals surface area contributed by atoms with Crippen LogP contribution < -0.4 is 10.1 Å². The van der Waals surface area contributed by atoms with Gasteiger partial charge in [-0.15, -0.1) is 0 Å². The number of carbonyl (C=O) groups is 2. The number of nitro groups is 1. The van der Waals surface area contributed by atoms with E-state index in [0.29, 0.717) is 5.69 Å². The number of methoxy groups -OCH3 is 1. The summed E-state index contributed by atoms with van der Waals surface area (Å²) >= 11 is 0. The number of hydrogen-bond donors (Lipinski definition) is 1. The van der Waals surface area contributed by atoms with Crippen LogP contribution in [0.15, 0.2) is 91.0 Å². The van der Waals surface area contributed by atoms with E-state index in [4.69, 9.17) is 9.47 Å². The Kier molecular flexibility index (Phi) is 8.10. The number of carbonyl (C=O) groups excluding carboxylic acids is 2. The van der Waals surface area contributed by atoms with Gasteiger partial charge in [0, 0.05) is 23.1 Å². The van der Waals surface area contributed by atoms with Gasteiger partial charge in [-0.3, -0.25) is 14.9 Å². The second-order valence-corrected chi connectivity index (χ2v) is 8.55. The van der Waals surface area contributed by atoms with Crippen molar-refractivity contribution in [1.29, 1.82) is 0 Å². The molecule has 1 unspecified atom stereocenters. The molecule has 37 heavy (non-hydrogen) atoms. The Balaban J connectivity index is 1.52. The zero-order chi connectivity index (χ0) is 26.2. The van der Waals surface area contributed by atoms with Crippen molar-refractivity contribution in [1.82, 2.24) is 0 Å². The van der Waals surface area contributed by atoms with Gasteiger partial charge in [-0.1, -0.05) is 72.8 Å². The van der Waals surface area contributed by atoms with E-state index in [-0.39, 0.29) is 36.8 Å². The van der Waals surface area contributed by atoms with Gasteiger partial charge in [0.25, 0.3) is 0 Å². The topological polar surface area (TPSA) is 108 Å². The number of anilines is 1. The Morgan fingerprint density at radius 2 is 1.65 bits per heavy atom. The summed E-state index contributed by atoms with van der Waals surface area (Å²) in [7, 11) is 1.28. The van der Waals surface area contributed by atoms with Crippen molar-refractivity contribution in [2.45, 2.75) is 18.9 Å². The Morgan fingerprint density at radius 3 is 2.38 bits per heavy atom. The number of rotatable bonds is 10. The van der Waals surface area contributed by atoms with Crippen molar-refractivity contribution >= 4 is 28.3 Å². The second kappa shape index (κ2) is 11.8. The predicted molar refractivity (Wildman–Crippen MR) is 140 cm³/mol. The van der Waals surface area contributed by atoms with Gasteiger partial charge in [0.05, 0.1) is 13.0 Å². The third-order valence-electron chi connectivity index (χ3n) is 5.95. The largest absolute Gasteiger partial charge is 0.488 e. The molecule has 0 saturated carbocycles. The highest BCUT2D eigenvalue weighted by atomic mass is 16.6. The van der Waals surface area contributed by atoms with Gasteiger partial charge in [-0.05, 0) is 34.0 Å². The highest BCUT2D eigenvalue weighted by molar-refractivity contribution is 5.95. The number of hydrogen-bond acceptors (Lipinski definition) is 6. The molecule has 0 aliphatic heterocycles. The van der Waals surface area contributed by atoms with E-state index in [1.54, 1.807) is 12.1 Å². The first-order chi connectivity index (χ1) is 17.9. The lowest BCUT2D eigenvalue weighted by atomic mass is 9.93. The van der Waals surface area contributed by atoms with Gasteiger partial charge < -0.3 is 14.8 Å². The van der Waals surface area contributed by atoms with Crippen LogP contribution >= 0.6 is 0 Å². The van der Waals surface area contributed by atoms with Gasteiger partial charge in [0.1, 0.15) is 17.9 Å². The number of amides is 1. The van der Waals surface area contributed by atoms with E-state index < -0.39 is 16.8 Å². The molecule has 0 aliphatic carbocycles. The minimum atomic E-state index is -0.609. The molecular formula is C29H26N2O6. The van der Waals surface area contributed by atoms with E-state index in [1.807, 2.05) is 72.8 Å². The Bertz CT molecular complexity index is 1420. The molecule has 1 atom stereocenters. The van der Waals surface area contributed by atoms with Crippen molar-refractivity contribution in [2.24, 2.45) is 0 Å². The maximum atomic E-state index is 12.9. The lowest BCUT2D eigenvalue weighted by molar-refractivity contribution is -0.483. The molecule has 8 heteroatoms. The van der Waals surface area contributed by atoms with Gasteiger partial charge in [-0.2, -0.15) is 0 Å². The van der Waals surface area contributed by atoms with Crippen LogP contribution in [0, 0.1) is 10.1 Å². The third kappa shape index (κ3) is 6.70. The fourth-order valence-corrected chi connectivity index (χ4v) is 4.10. The van der Waals surface area contributed by atoms with Gasteiger partial charge >= 0.3 is 5.97 Å².